The highest BCUT2D eigenvalue weighted by molar-refractivity contribution is 6.32. The summed E-state index contributed by atoms with van der Waals surface area (Å²) < 4.78 is 10.4. The number of methoxy groups -OCH3 is 1. The van der Waals surface area contributed by atoms with Gasteiger partial charge in [-0.1, -0.05) is 11.6 Å². The van der Waals surface area contributed by atoms with Gasteiger partial charge in [0.05, 0.1) is 13.0 Å². The number of fused-ring (bicyclic) bond motifs is 1. The molecule has 2 rings (SSSR count). The van der Waals surface area contributed by atoms with Crippen LogP contribution in [0, 0.1) is 19.8 Å². The molecule has 17 heavy (non-hydrogen) atoms. The van der Waals surface area contributed by atoms with Crippen LogP contribution in [0.25, 0.3) is 0 Å². The van der Waals surface area contributed by atoms with E-state index >= 15 is 0 Å². The van der Waals surface area contributed by atoms with Crippen molar-refractivity contribution in [3.63, 3.8) is 0 Å². The van der Waals surface area contributed by atoms with Crippen LogP contribution in [0.2, 0.25) is 5.02 Å². The first-order valence-electron chi connectivity index (χ1n) is 5.53. The van der Waals surface area contributed by atoms with Gasteiger partial charge in [-0.05, 0) is 43.0 Å². The van der Waals surface area contributed by atoms with Crippen molar-refractivity contribution in [1.82, 2.24) is 0 Å². The number of ether oxygens (including phenoxy) is 2. The molecule has 0 bridgehead atoms. The molecular formula is C13H15ClO3. The van der Waals surface area contributed by atoms with Crippen molar-refractivity contribution in [2.75, 3.05) is 13.7 Å². The average molecular weight is 255 g/mol. The molecule has 0 saturated heterocycles. The summed E-state index contributed by atoms with van der Waals surface area (Å²) in [4.78, 5) is 11.5. The third-order valence-corrected chi connectivity index (χ3v) is 3.78. The number of hydrogen-bond acceptors (Lipinski definition) is 3. The topological polar surface area (TPSA) is 35.5 Å². The number of halogens is 1. The zero-order valence-corrected chi connectivity index (χ0v) is 10.9. The quantitative estimate of drug-likeness (QED) is 0.723. The number of rotatable bonds is 1. The van der Waals surface area contributed by atoms with E-state index < -0.39 is 0 Å². The van der Waals surface area contributed by atoms with Crippen LogP contribution in [0.4, 0.5) is 0 Å². The van der Waals surface area contributed by atoms with Crippen molar-refractivity contribution in [2.24, 2.45) is 5.92 Å². The summed E-state index contributed by atoms with van der Waals surface area (Å²) in [5, 5.41) is 0.748. The Balaban J connectivity index is 2.38. The Kier molecular flexibility index (Phi) is 3.29. The van der Waals surface area contributed by atoms with Crippen LogP contribution in [0.15, 0.2) is 6.07 Å². The van der Waals surface area contributed by atoms with Crippen molar-refractivity contribution in [3.8, 4) is 5.75 Å². The summed E-state index contributed by atoms with van der Waals surface area (Å²) >= 11 is 6.20. The SMILES string of the molecule is COC(=O)C1COc2cc(C)c(Cl)c(C)c2C1. The third kappa shape index (κ3) is 2.12. The average Bonchev–Trinajstić information content (AvgIpc) is 2.35. The molecule has 92 valence electrons. The van der Waals surface area contributed by atoms with Crippen LogP contribution in [0.1, 0.15) is 16.7 Å². The van der Waals surface area contributed by atoms with E-state index in [2.05, 4.69) is 0 Å². The first kappa shape index (κ1) is 12.2. The van der Waals surface area contributed by atoms with Crippen molar-refractivity contribution in [1.29, 1.82) is 0 Å². The summed E-state index contributed by atoms with van der Waals surface area (Å²) in [5.74, 6) is 0.376. The lowest BCUT2D eigenvalue weighted by Gasteiger charge is -2.26. The van der Waals surface area contributed by atoms with Gasteiger partial charge >= 0.3 is 5.97 Å². The Morgan fingerprint density at radius 1 is 1.53 bits per heavy atom. The minimum atomic E-state index is -0.232. The summed E-state index contributed by atoms with van der Waals surface area (Å²) in [7, 11) is 1.40. The number of carbonyl (C=O) groups is 1. The fourth-order valence-corrected chi connectivity index (χ4v) is 2.32. The Morgan fingerprint density at radius 3 is 2.88 bits per heavy atom. The molecule has 1 aromatic carbocycles. The minimum absolute atomic E-state index is 0.230. The second-order valence-electron chi connectivity index (χ2n) is 4.34. The summed E-state index contributed by atoms with van der Waals surface area (Å²) in [6.07, 6.45) is 0.633. The third-order valence-electron chi connectivity index (χ3n) is 3.20. The Labute approximate surface area is 106 Å². The van der Waals surface area contributed by atoms with Gasteiger partial charge in [0.2, 0.25) is 0 Å². The highest BCUT2D eigenvalue weighted by Crippen LogP contribution is 2.36. The molecule has 1 unspecified atom stereocenters. The molecule has 1 aromatic rings. The van der Waals surface area contributed by atoms with E-state index in [9.17, 15) is 4.79 Å². The Bertz CT molecular complexity index is 468. The molecule has 1 heterocycles. The van der Waals surface area contributed by atoms with Crippen LogP contribution in [-0.2, 0) is 16.0 Å². The largest absolute Gasteiger partial charge is 0.492 e. The van der Waals surface area contributed by atoms with Gasteiger partial charge in [-0.15, -0.1) is 0 Å². The molecule has 0 aromatic heterocycles. The second kappa shape index (κ2) is 4.57. The number of carbonyl (C=O) groups excluding carboxylic acids is 1. The predicted molar refractivity (Wildman–Crippen MR) is 65.6 cm³/mol. The molecule has 0 spiro atoms. The first-order valence-corrected chi connectivity index (χ1v) is 5.91. The molecule has 0 aliphatic carbocycles. The summed E-state index contributed by atoms with van der Waals surface area (Å²) in [6.45, 7) is 4.28. The van der Waals surface area contributed by atoms with Gasteiger partial charge in [0.1, 0.15) is 12.4 Å². The van der Waals surface area contributed by atoms with Crippen molar-refractivity contribution < 1.29 is 14.3 Å². The van der Waals surface area contributed by atoms with Crippen LogP contribution < -0.4 is 4.74 Å². The van der Waals surface area contributed by atoms with E-state index in [4.69, 9.17) is 21.1 Å². The predicted octanol–water partition coefficient (Wildman–Crippen LogP) is 2.68. The Morgan fingerprint density at radius 2 is 2.24 bits per heavy atom. The Hall–Kier alpha value is -1.22. The van der Waals surface area contributed by atoms with Crippen LogP contribution in [-0.4, -0.2) is 19.7 Å². The maximum atomic E-state index is 11.5. The molecule has 1 aliphatic rings. The molecule has 0 amide bonds. The zero-order chi connectivity index (χ0) is 12.6. The summed E-state index contributed by atoms with van der Waals surface area (Å²) in [5.41, 5.74) is 3.01. The van der Waals surface area contributed by atoms with Gasteiger partial charge in [-0.25, -0.2) is 0 Å². The van der Waals surface area contributed by atoms with Gasteiger partial charge in [-0.2, -0.15) is 0 Å². The number of aryl methyl sites for hydroxylation is 1. The van der Waals surface area contributed by atoms with E-state index in [0.717, 1.165) is 27.5 Å². The molecule has 1 aliphatic heterocycles. The van der Waals surface area contributed by atoms with E-state index in [0.29, 0.717) is 13.0 Å². The first-order chi connectivity index (χ1) is 8.04. The smallest absolute Gasteiger partial charge is 0.312 e. The maximum absolute atomic E-state index is 11.5. The van der Waals surface area contributed by atoms with Gasteiger partial charge in [0, 0.05) is 5.02 Å². The van der Waals surface area contributed by atoms with Crippen molar-refractivity contribution in [3.05, 3.63) is 27.8 Å². The van der Waals surface area contributed by atoms with Crippen LogP contribution >= 0.6 is 11.6 Å². The molecule has 0 N–H and O–H groups in total. The van der Waals surface area contributed by atoms with Gasteiger partial charge in [0.15, 0.2) is 0 Å². The number of esters is 1. The number of hydrogen-bond donors (Lipinski definition) is 0. The minimum Gasteiger partial charge on any atom is -0.492 e. The molecule has 0 radical (unpaired) electrons. The van der Waals surface area contributed by atoms with E-state index in [1.807, 2.05) is 19.9 Å². The van der Waals surface area contributed by atoms with Gasteiger partial charge in [-0.3, -0.25) is 4.79 Å². The normalized spacial score (nSPS) is 18.2. The molecule has 3 nitrogen and oxygen atoms in total. The van der Waals surface area contributed by atoms with Crippen molar-refractivity contribution >= 4 is 17.6 Å². The van der Waals surface area contributed by atoms with E-state index in [1.54, 1.807) is 0 Å². The van der Waals surface area contributed by atoms with E-state index in [-0.39, 0.29) is 11.9 Å². The zero-order valence-electron chi connectivity index (χ0n) is 10.2. The molecule has 0 fully saturated rings. The lowest BCUT2D eigenvalue weighted by Crippen LogP contribution is -2.29. The molecular weight excluding hydrogens is 240 g/mol. The lowest BCUT2D eigenvalue weighted by atomic mass is 9.92. The van der Waals surface area contributed by atoms with Crippen molar-refractivity contribution in [2.45, 2.75) is 20.3 Å². The number of benzene rings is 1. The maximum Gasteiger partial charge on any atom is 0.312 e. The highest BCUT2D eigenvalue weighted by Gasteiger charge is 2.28. The second-order valence-corrected chi connectivity index (χ2v) is 4.72. The van der Waals surface area contributed by atoms with E-state index in [1.165, 1.54) is 7.11 Å². The highest BCUT2D eigenvalue weighted by atomic mass is 35.5. The lowest BCUT2D eigenvalue weighted by molar-refractivity contribution is -0.146. The molecule has 1 atom stereocenters. The standard InChI is InChI=1S/C13H15ClO3/c1-7-4-11-10(8(2)12(7)14)5-9(6-17-11)13(15)16-3/h4,9H,5-6H2,1-3H3. The van der Waals surface area contributed by atoms with Crippen LogP contribution in [0.5, 0.6) is 5.75 Å². The molecule has 4 heteroatoms. The fraction of sp³-hybridized carbons (Fsp3) is 0.462. The van der Waals surface area contributed by atoms with Gasteiger partial charge in [0.25, 0.3) is 0 Å². The molecule has 0 saturated carbocycles. The van der Waals surface area contributed by atoms with Crippen LogP contribution in [0.3, 0.4) is 0 Å². The summed E-state index contributed by atoms with van der Waals surface area (Å²) in [6, 6.07) is 1.93. The van der Waals surface area contributed by atoms with Gasteiger partial charge < -0.3 is 9.47 Å². The fourth-order valence-electron chi connectivity index (χ4n) is 2.16. The monoisotopic (exact) mass is 254 g/mol.